The molecule has 0 aliphatic rings. The van der Waals surface area contributed by atoms with E-state index < -0.39 is 0 Å². The molecule has 0 fully saturated rings. The number of ether oxygens (including phenoxy) is 3. The van der Waals surface area contributed by atoms with E-state index in [1.165, 1.54) is 11.3 Å². The molecule has 0 saturated carbocycles. The SMILES string of the molecule is CCOc1cc(/C=c2\sc3nc4ccccc4n3c2=O)ccc1OCCOc1cccc(C)c1. The van der Waals surface area contributed by atoms with Crippen LogP contribution in [0.15, 0.2) is 71.5 Å². The molecule has 2 heterocycles. The summed E-state index contributed by atoms with van der Waals surface area (Å²) < 4.78 is 19.8. The molecule has 0 aliphatic heterocycles. The predicted molar refractivity (Wildman–Crippen MR) is 135 cm³/mol. The first kappa shape index (κ1) is 22.0. The highest BCUT2D eigenvalue weighted by Crippen LogP contribution is 2.29. The third kappa shape index (κ3) is 4.47. The number of aryl methyl sites for hydroxylation is 1. The van der Waals surface area contributed by atoms with Crippen LogP contribution in [0, 0.1) is 6.92 Å². The van der Waals surface area contributed by atoms with E-state index in [-0.39, 0.29) is 5.56 Å². The van der Waals surface area contributed by atoms with Crippen molar-refractivity contribution in [3.05, 3.63) is 92.7 Å². The van der Waals surface area contributed by atoms with E-state index in [9.17, 15) is 4.79 Å². The molecular weight excluding hydrogens is 448 g/mol. The Hall–Kier alpha value is -3.84. The van der Waals surface area contributed by atoms with Crippen molar-refractivity contribution < 1.29 is 14.2 Å². The van der Waals surface area contributed by atoms with Crippen LogP contribution in [0.1, 0.15) is 18.1 Å². The number of imidazole rings is 1. The molecule has 2 aromatic heterocycles. The van der Waals surface area contributed by atoms with Gasteiger partial charge in [0.2, 0.25) is 0 Å². The van der Waals surface area contributed by atoms with E-state index in [2.05, 4.69) is 4.98 Å². The van der Waals surface area contributed by atoms with Gasteiger partial charge in [-0.1, -0.05) is 41.7 Å². The summed E-state index contributed by atoms with van der Waals surface area (Å²) in [7, 11) is 0. The highest BCUT2D eigenvalue weighted by molar-refractivity contribution is 7.15. The highest BCUT2D eigenvalue weighted by atomic mass is 32.1. The van der Waals surface area contributed by atoms with Gasteiger partial charge in [0.05, 0.1) is 22.2 Å². The summed E-state index contributed by atoms with van der Waals surface area (Å²) in [6, 6.07) is 21.2. The fourth-order valence-corrected chi connectivity index (χ4v) is 4.77. The maximum atomic E-state index is 13.0. The standard InChI is InChI=1S/C27H24N2O4S/c1-3-31-24-16-19(11-12-23(24)33-14-13-32-20-8-6-7-18(2)15-20)17-25-26(30)29-22-10-5-4-9-21(22)28-27(29)34-25/h4-12,15-17H,3,13-14H2,1-2H3/b25-17-. The van der Waals surface area contributed by atoms with Gasteiger partial charge in [0.15, 0.2) is 16.5 Å². The van der Waals surface area contributed by atoms with Crippen LogP contribution in [-0.4, -0.2) is 29.2 Å². The van der Waals surface area contributed by atoms with Crippen molar-refractivity contribution in [3.63, 3.8) is 0 Å². The topological polar surface area (TPSA) is 62.1 Å². The first-order valence-corrected chi connectivity index (χ1v) is 11.9. The van der Waals surface area contributed by atoms with Crippen LogP contribution < -0.4 is 24.3 Å². The number of thiazole rings is 1. The normalized spacial score (nSPS) is 11.9. The average Bonchev–Trinajstić information content (AvgIpc) is 3.34. The molecule has 5 rings (SSSR count). The lowest BCUT2D eigenvalue weighted by Gasteiger charge is -2.13. The van der Waals surface area contributed by atoms with Crippen LogP contribution in [0.25, 0.3) is 22.1 Å². The molecule has 0 aliphatic carbocycles. The van der Waals surface area contributed by atoms with E-state index in [0.29, 0.717) is 40.8 Å². The van der Waals surface area contributed by atoms with Gasteiger partial charge < -0.3 is 14.2 Å². The minimum absolute atomic E-state index is 0.0692. The van der Waals surface area contributed by atoms with E-state index in [1.54, 1.807) is 4.40 Å². The largest absolute Gasteiger partial charge is 0.490 e. The smallest absolute Gasteiger partial charge is 0.274 e. The van der Waals surface area contributed by atoms with Gasteiger partial charge in [-0.2, -0.15) is 0 Å². The maximum Gasteiger partial charge on any atom is 0.274 e. The Kier molecular flexibility index (Phi) is 6.18. The zero-order chi connectivity index (χ0) is 23.5. The van der Waals surface area contributed by atoms with Crippen molar-refractivity contribution in [2.45, 2.75) is 13.8 Å². The van der Waals surface area contributed by atoms with E-state index in [1.807, 2.05) is 86.7 Å². The molecule has 0 bridgehead atoms. The Balaban J connectivity index is 1.36. The van der Waals surface area contributed by atoms with Crippen LogP contribution in [-0.2, 0) is 0 Å². The average molecular weight is 473 g/mol. The number of benzene rings is 3. The van der Waals surface area contributed by atoms with Gasteiger partial charge >= 0.3 is 0 Å². The molecule has 0 N–H and O–H groups in total. The quantitative estimate of drug-likeness (QED) is 0.308. The molecule has 0 unspecified atom stereocenters. The van der Waals surface area contributed by atoms with Gasteiger partial charge in [0, 0.05) is 0 Å². The summed E-state index contributed by atoms with van der Waals surface area (Å²) in [6.45, 7) is 5.27. The molecule has 3 aromatic carbocycles. The van der Waals surface area contributed by atoms with Crippen LogP contribution in [0.4, 0.5) is 0 Å². The zero-order valence-corrected chi connectivity index (χ0v) is 19.8. The monoisotopic (exact) mass is 472 g/mol. The van der Waals surface area contributed by atoms with Gasteiger partial charge in [-0.3, -0.25) is 4.79 Å². The van der Waals surface area contributed by atoms with Crippen molar-refractivity contribution in [1.82, 2.24) is 9.38 Å². The number of fused-ring (bicyclic) bond motifs is 3. The number of rotatable bonds is 8. The lowest BCUT2D eigenvalue weighted by molar-refractivity contribution is 0.208. The van der Waals surface area contributed by atoms with E-state index in [4.69, 9.17) is 14.2 Å². The van der Waals surface area contributed by atoms with Crippen LogP contribution in [0.3, 0.4) is 0 Å². The van der Waals surface area contributed by atoms with Gasteiger partial charge in [-0.05, 0) is 67.4 Å². The van der Waals surface area contributed by atoms with Gasteiger partial charge in [-0.15, -0.1) is 0 Å². The van der Waals surface area contributed by atoms with Gasteiger partial charge in [-0.25, -0.2) is 9.38 Å². The third-order valence-corrected chi connectivity index (χ3v) is 6.28. The molecule has 0 amide bonds. The molecule has 172 valence electrons. The van der Waals surface area contributed by atoms with Crippen LogP contribution >= 0.6 is 11.3 Å². The molecule has 0 radical (unpaired) electrons. The molecule has 5 aromatic rings. The molecular formula is C27H24N2O4S. The third-order valence-electron chi connectivity index (χ3n) is 5.31. The van der Waals surface area contributed by atoms with Crippen molar-refractivity contribution in [2.75, 3.05) is 19.8 Å². The summed E-state index contributed by atoms with van der Waals surface area (Å²) in [6.07, 6.45) is 1.86. The lowest BCUT2D eigenvalue weighted by Crippen LogP contribution is -2.22. The fraction of sp³-hybridized carbons (Fsp3) is 0.185. The number of hydrogen-bond acceptors (Lipinski definition) is 6. The second-order valence-electron chi connectivity index (χ2n) is 7.79. The van der Waals surface area contributed by atoms with Crippen molar-refractivity contribution >= 4 is 33.4 Å². The summed E-state index contributed by atoms with van der Waals surface area (Å²) >= 11 is 1.38. The van der Waals surface area contributed by atoms with E-state index in [0.717, 1.165) is 27.9 Å². The second kappa shape index (κ2) is 9.57. The van der Waals surface area contributed by atoms with Crippen LogP contribution in [0.2, 0.25) is 0 Å². The molecule has 0 atom stereocenters. The zero-order valence-electron chi connectivity index (χ0n) is 19.0. The predicted octanol–water partition coefficient (Wildman–Crippen LogP) is 4.62. The fourth-order valence-electron chi connectivity index (χ4n) is 3.78. The Morgan fingerprint density at radius 2 is 1.79 bits per heavy atom. The lowest BCUT2D eigenvalue weighted by atomic mass is 10.2. The van der Waals surface area contributed by atoms with E-state index >= 15 is 0 Å². The Morgan fingerprint density at radius 3 is 2.65 bits per heavy atom. The summed E-state index contributed by atoms with van der Waals surface area (Å²) in [5.41, 5.74) is 3.59. The Morgan fingerprint density at radius 1 is 0.941 bits per heavy atom. The maximum absolute atomic E-state index is 13.0. The molecule has 34 heavy (non-hydrogen) atoms. The minimum Gasteiger partial charge on any atom is -0.490 e. The molecule has 0 spiro atoms. The van der Waals surface area contributed by atoms with Crippen molar-refractivity contribution in [1.29, 1.82) is 0 Å². The summed E-state index contributed by atoms with van der Waals surface area (Å²) in [4.78, 5) is 18.3. The number of nitrogens with zero attached hydrogens (tertiary/aromatic N) is 2. The summed E-state index contributed by atoms with van der Waals surface area (Å²) in [5.74, 6) is 2.09. The minimum atomic E-state index is -0.0692. The molecule has 6 nitrogen and oxygen atoms in total. The number of hydrogen-bond donors (Lipinski definition) is 0. The second-order valence-corrected chi connectivity index (χ2v) is 8.80. The first-order chi connectivity index (χ1) is 16.6. The number of para-hydroxylation sites is 2. The van der Waals surface area contributed by atoms with Crippen molar-refractivity contribution in [3.8, 4) is 17.2 Å². The number of aromatic nitrogens is 2. The highest BCUT2D eigenvalue weighted by Gasteiger charge is 2.11. The first-order valence-electron chi connectivity index (χ1n) is 11.1. The molecule has 7 heteroatoms. The van der Waals surface area contributed by atoms with Gasteiger partial charge in [0.25, 0.3) is 5.56 Å². The summed E-state index contributed by atoms with van der Waals surface area (Å²) in [5, 5.41) is 0. The van der Waals surface area contributed by atoms with Crippen molar-refractivity contribution in [2.24, 2.45) is 0 Å². The van der Waals surface area contributed by atoms with Gasteiger partial charge in [0.1, 0.15) is 19.0 Å². The molecule has 0 saturated heterocycles. The Labute approximate surface area is 200 Å². The van der Waals surface area contributed by atoms with Crippen LogP contribution in [0.5, 0.6) is 17.2 Å². The Bertz CT molecular complexity index is 1570.